The van der Waals surface area contributed by atoms with Gasteiger partial charge in [-0.15, -0.1) is 0 Å². The smallest absolute Gasteiger partial charge is 0.333 e. The van der Waals surface area contributed by atoms with Crippen LogP contribution in [0.2, 0.25) is 5.02 Å². The highest BCUT2D eigenvalue weighted by Gasteiger charge is 2.34. The fourth-order valence-electron chi connectivity index (χ4n) is 4.18. The third kappa shape index (κ3) is 4.97. The van der Waals surface area contributed by atoms with Crippen LogP contribution in [0.25, 0.3) is 0 Å². The van der Waals surface area contributed by atoms with Gasteiger partial charge in [-0.1, -0.05) is 45.4 Å². The van der Waals surface area contributed by atoms with Gasteiger partial charge in [0.05, 0.1) is 11.3 Å². The SMILES string of the molecule is CC(C)c1ccc(Cl)c(C(C)C)c1NC(=O)NS(=O)(=O)c1cc2c(o1)CCCCC2(C)O. The molecule has 1 unspecified atom stereocenters. The second kappa shape index (κ2) is 9.08. The molecular formula is C23H31ClN2O5S. The van der Waals surface area contributed by atoms with Gasteiger partial charge in [-0.05, 0) is 55.2 Å². The van der Waals surface area contributed by atoms with Gasteiger partial charge in [0.2, 0.25) is 5.09 Å². The van der Waals surface area contributed by atoms with Crippen LogP contribution in [0.1, 0.15) is 88.2 Å². The standard InChI is InChI=1S/C23H31ClN2O5S/c1-13(2)15-9-10-17(24)20(14(3)4)21(15)25-22(27)26-32(29,30)19-12-16-18(31-19)8-6-7-11-23(16,5)28/h9-10,12-14,28H,6-8,11H2,1-5H3,(H2,25,26,27). The number of fused-ring (bicyclic) bond motifs is 1. The van der Waals surface area contributed by atoms with E-state index in [0.29, 0.717) is 34.9 Å². The van der Waals surface area contributed by atoms with E-state index in [1.165, 1.54) is 6.07 Å². The van der Waals surface area contributed by atoms with E-state index in [2.05, 4.69) is 5.32 Å². The zero-order chi connectivity index (χ0) is 23.8. The lowest BCUT2D eigenvalue weighted by atomic mass is 9.92. The second-order valence-electron chi connectivity index (χ2n) is 9.18. The van der Waals surface area contributed by atoms with Crippen molar-refractivity contribution in [2.45, 2.75) is 82.8 Å². The number of hydrogen-bond acceptors (Lipinski definition) is 5. The molecule has 9 heteroatoms. The molecule has 0 saturated heterocycles. The Balaban J connectivity index is 1.90. The fraction of sp³-hybridized carbons (Fsp3) is 0.522. The van der Waals surface area contributed by atoms with E-state index in [1.807, 2.05) is 38.5 Å². The summed E-state index contributed by atoms with van der Waals surface area (Å²) in [6.45, 7) is 9.51. The van der Waals surface area contributed by atoms with Gasteiger partial charge in [0.15, 0.2) is 0 Å². The largest absolute Gasteiger partial charge is 0.447 e. The normalized spacial score (nSPS) is 19.0. The number of carbonyl (C=O) groups excluding carboxylic acids is 1. The Morgan fingerprint density at radius 2 is 1.88 bits per heavy atom. The molecule has 0 aliphatic heterocycles. The van der Waals surface area contributed by atoms with Gasteiger partial charge in [0, 0.05) is 23.1 Å². The zero-order valence-electron chi connectivity index (χ0n) is 19.1. The molecule has 7 nitrogen and oxygen atoms in total. The van der Waals surface area contributed by atoms with Crippen LogP contribution in [0, 0.1) is 0 Å². The van der Waals surface area contributed by atoms with Crippen LogP contribution >= 0.6 is 11.6 Å². The summed E-state index contributed by atoms with van der Waals surface area (Å²) in [6, 6.07) is 4.02. The second-order valence-corrected chi connectivity index (χ2v) is 11.2. The first-order valence-corrected chi connectivity index (χ1v) is 12.7. The predicted octanol–water partition coefficient (Wildman–Crippen LogP) is 5.62. The molecule has 1 aromatic carbocycles. The van der Waals surface area contributed by atoms with E-state index in [1.54, 1.807) is 13.0 Å². The highest BCUT2D eigenvalue weighted by atomic mass is 35.5. The number of aliphatic hydroxyl groups is 1. The molecule has 3 rings (SSSR count). The van der Waals surface area contributed by atoms with Crippen molar-refractivity contribution in [1.29, 1.82) is 0 Å². The number of furan rings is 1. The Kier molecular flexibility index (Phi) is 6.98. The van der Waals surface area contributed by atoms with Crippen molar-refractivity contribution in [2.75, 3.05) is 5.32 Å². The molecule has 0 saturated carbocycles. The van der Waals surface area contributed by atoms with Gasteiger partial charge < -0.3 is 14.8 Å². The van der Waals surface area contributed by atoms with Gasteiger partial charge >= 0.3 is 6.03 Å². The summed E-state index contributed by atoms with van der Waals surface area (Å²) in [4.78, 5) is 12.8. The Morgan fingerprint density at radius 1 is 1.19 bits per heavy atom. The molecular weight excluding hydrogens is 452 g/mol. The minimum atomic E-state index is -4.28. The molecule has 1 heterocycles. The molecule has 0 radical (unpaired) electrons. The number of sulfonamides is 1. The minimum Gasteiger partial charge on any atom is -0.447 e. The average Bonchev–Trinajstić information content (AvgIpc) is 3.05. The van der Waals surface area contributed by atoms with Crippen LogP contribution in [0.15, 0.2) is 27.7 Å². The van der Waals surface area contributed by atoms with Crippen LogP contribution in [-0.2, 0) is 22.0 Å². The minimum absolute atomic E-state index is 0.0103. The Bertz CT molecular complexity index is 1120. The van der Waals surface area contributed by atoms with Crippen LogP contribution in [0.5, 0.6) is 0 Å². The number of anilines is 1. The number of amides is 2. The van der Waals surface area contributed by atoms with Crippen LogP contribution in [0.4, 0.5) is 10.5 Å². The number of aryl methyl sites for hydroxylation is 1. The number of rotatable bonds is 5. The van der Waals surface area contributed by atoms with E-state index in [0.717, 1.165) is 24.0 Å². The molecule has 1 aliphatic rings. The van der Waals surface area contributed by atoms with Crippen LogP contribution in [-0.4, -0.2) is 19.6 Å². The number of nitrogens with one attached hydrogen (secondary N) is 2. The number of halogens is 1. The van der Waals surface area contributed by atoms with Crippen LogP contribution < -0.4 is 10.0 Å². The predicted molar refractivity (Wildman–Crippen MR) is 125 cm³/mol. The first kappa shape index (κ1) is 24.6. The first-order chi connectivity index (χ1) is 14.8. The van der Waals surface area contributed by atoms with Crippen molar-refractivity contribution in [3.63, 3.8) is 0 Å². The summed E-state index contributed by atoms with van der Waals surface area (Å²) in [6.07, 6.45) is 2.65. The van der Waals surface area contributed by atoms with Crippen molar-refractivity contribution in [1.82, 2.24) is 4.72 Å². The van der Waals surface area contributed by atoms with E-state index in [4.69, 9.17) is 16.0 Å². The lowest BCUT2D eigenvalue weighted by molar-refractivity contribution is 0.0468. The van der Waals surface area contributed by atoms with Crippen molar-refractivity contribution in [3.05, 3.63) is 45.7 Å². The summed E-state index contributed by atoms with van der Waals surface area (Å²) in [7, 11) is -4.28. The molecule has 2 amide bonds. The first-order valence-electron chi connectivity index (χ1n) is 10.8. The Hall–Kier alpha value is -2.03. The van der Waals surface area contributed by atoms with Gasteiger partial charge in [0.25, 0.3) is 10.0 Å². The summed E-state index contributed by atoms with van der Waals surface area (Å²) >= 11 is 6.38. The van der Waals surface area contributed by atoms with Crippen molar-refractivity contribution in [2.24, 2.45) is 0 Å². The van der Waals surface area contributed by atoms with Crippen molar-refractivity contribution >= 4 is 33.3 Å². The lowest BCUT2D eigenvalue weighted by Crippen LogP contribution is -2.35. The number of carbonyl (C=O) groups is 1. The summed E-state index contributed by atoms with van der Waals surface area (Å²) in [5.74, 6) is 0.531. The summed E-state index contributed by atoms with van der Waals surface area (Å²) in [5.41, 5.74) is 1.38. The molecule has 0 bridgehead atoms. The summed E-state index contributed by atoms with van der Waals surface area (Å²) < 4.78 is 33.4. The molecule has 2 aromatic rings. The third-order valence-corrected chi connectivity index (χ3v) is 7.35. The maximum absolute atomic E-state index is 12.9. The monoisotopic (exact) mass is 482 g/mol. The Labute approximate surface area is 194 Å². The highest BCUT2D eigenvalue weighted by Crippen LogP contribution is 2.38. The number of hydrogen-bond donors (Lipinski definition) is 3. The van der Waals surface area contributed by atoms with Gasteiger partial charge in [-0.25, -0.2) is 9.52 Å². The maximum Gasteiger partial charge on any atom is 0.333 e. The average molecular weight is 483 g/mol. The maximum atomic E-state index is 12.9. The van der Waals surface area contributed by atoms with Crippen molar-refractivity contribution in [3.8, 4) is 0 Å². The number of benzene rings is 1. The van der Waals surface area contributed by atoms with Gasteiger partial charge in [-0.2, -0.15) is 8.42 Å². The van der Waals surface area contributed by atoms with Crippen molar-refractivity contribution < 1.29 is 22.7 Å². The molecule has 0 spiro atoms. The van der Waals surface area contributed by atoms with Crippen LogP contribution in [0.3, 0.4) is 0 Å². The number of urea groups is 1. The van der Waals surface area contributed by atoms with E-state index in [-0.39, 0.29) is 16.9 Å². The quantitative estimate of drug-likeness (QED) is 0.479. The molecule has 1 atom stereocenters. The van der Waals surface area contributed by atoms with Gasteiger partial charge in [-0.3, -0.25) is 0 Å². The zero-order valence-corrected chi connectivity index (χ0v) is 20.7. The molecule has 176 valence electrons. The molecule has 3 N–H and O–H groups in total. The topological polar surface area (TPSA) is 109 Å². The third-order valence-electron chi connectivity index (χ3n) is 5.84. The Morgan fingerprint density at radius 3 is 2.50 bits per heavy atom. The molecule has 32 heavy (non-hydrogen) atoms. The molecule has 0 fully saturated rings. The molecule has 1 aromatic heterocycles. The lowest BCUT2D eigenvalue weighted by Gasteiger charge is -2.21. The van der Waals surface area contributed by atoms with Gasteiger partial charge in [0.1, 0.15) is 5.76 Å². The highest BCUT2D eigenvalue weighted by molar-refractivity contribution is 7.89. The molecule has 1 aliphatic carbocycles. The summed E-state index contributed by atoms with van der Waals surface area (Å²) in [5, 5.41) is 13.5. The van der Waals surface area contributed by atoms with E-state index < -0.39 is 21.7 Å². The van der Waals surface area contributed by atoms with E-state index in [9.17, 15) is 18.3 Å². The fourth-order valence-corrected chi connectivity index (χ4v) is 5.43. The van der Waals surface area contributed by atoms with E-state index >= 15 is 0 Å².